The standard InChI is InChI=1S/C14H14F2N2O2/c1-2-3-4-5-12(13(17)19)18-14(20)10-7-6-9(15)8-11(10)16/h1,6-8,12H,3-5H2,(H2,17,19)(H,18,20)/t12-/m1/s1. The second kappa shape index (κ2) is 7.24. The lowest BCUT2D eigenvalue weighted by Gasteiger charge is -2.15. The average Bonchev–Trinajstić information content (AvgIpc) is 2.37. The number of nitrogens with one attached hydrogen (secondary N) is 1. The van der Waals surface area contributed by atoms with Gasteiger partial charge in [0.1, 0.15) is 17.7 Å². The fourth-order valence-corrected chi connectivity index (χ4v) is 1.60. The Bertz CT molecular complexity index is 553. The summed E-state index contributed by atoms with van der Waals surface area (Å²) in [5, 5.41) is 2.31. The lowest BCUT2D eigenvalue weighted by molar-refractivity contribution is -0.120. The maximum absolute atomic E-state index is 13.4. The topological polar surface area (TPSA) is 72.2 Å². The van der Waals surface area contributed by atoms with E-state index in [2.05, 4.69) is 11.2 Å². The van der Waals surface area contributed by atoms with Gasteiger partial charge in [0, 0.05) is 12.5 Å². The minimum absolute atomic E-state index is 0.258. The quantitative estimate of drug-likeness (QED) is 0.610. The zero-order chi connectivity index (χ0) is 15.1. The lowest BCUT2D eigenvalue weighted by atomic mass is 10.1. The number of terminal acetylenes is 1. The van der Waals surface area contributed by atoms with Crippen molar-refractivity contribution >= 4 is 11.8 Å². The fourth-order valence-electron chi connectivity index (χ4n) is 1.60. The molecule has 0 aliphatic heterocycles. The zero-order valence-electron chi connectivity index (χ0n) is 10.7. The van der Waals surface area contributed by atoms with Gasteiger partial charge in [-0.3, -0.25) is 9.59 Å². The number of benzene rings is 1. The summed E-state index contributed by atoms with van der Waals surface area (Å²) in [4.78, 5) is 23.0. The predicted molar refractivity (Wildman–Crippen MR) is 69.5 cm³/mol. The summed E-state index contributed by atoms with van der Waals surface area (Å²) in [6.07, 6.45) is 6.27. The number of hydrogen-bond donors (Lipinski definition) is 2. The summed E-state index contributed by atoms with van der Waals surface area (Å²) in [5.41, 5.74) is 4.80. The van der Waals surface area contributed by atoms with Crippen LogP contribution >= 0.6 is 0 Å². The highest BCUT2D eigenvalue weighted by atomic mass is 19.1. The van der Waals surface area contributed by atoms with E-state index in [9.17, 15) is 18.4 Å². The van der Waals surface area contributed by atoms with E-state index in [1.807, 2.05) is 0 Å². The monoisotopic (exact) mass is 280 g/mol. The largest absolute Gasteiger partial charge is 0.368 e. The molecule has 4 nitrogen and oxygen atoms in total. The van der Waals surface area contributed by atoms with E-state index >= 15 is 0 Å². The number of unbranched alkanes of at least 4 members (excludes halogenated alkanes) is 1. The molecule has 0 spiro atoms. The van der Waals surface area contributed by atoms with Crippen molar-refractivity contribution in [1.82, 2.24) is 5.32 Å². The van der Waals surface area contributed by atoms with E-state index in [1.165, 1.54) is 0 Å². The molecular formula is C14H14F2N2O2. The van der Waals surface area contributed by atoms with Crippen molar-refractivity contribution in [1.29, 1.82) is 0 Å². The first-order chi connectivity index (χ1) is 9.45. The SMILES string of the molecule is C#CCCC[C@@H](NC(=O)c1ccc(F)cc1F)C(N)=O. The van der Waals surface area contributed by atoms with Crippen LogP contribution in [0.15, 0.2) is 18.2 Å². The molecule has 1 atom stereocenters. The van der Waals surface area contributed by atoms with Crippen LogP contribution in [0.1, 0.15) is 29.6 Å². The number of amides is 2. The van der Waals surface area contributed by atoms with Crippen LogP contribution in [0.5, 0.6) is 0 Å². The van der Waals surface area contributed by atoms with Gasteiger partial charge in [-0.05, 0) is 25.0 Å². The van der Waals surface area contributed by atoms with E-state index in [-0.39, 0.29) is 12.0 Å². The summed E-state index contributed by atoms with van der Waals surface area (Å²) < 4.78 is 26.2. The van der Waals surface area contributed by atoms with E-state index < -0.39 is 29.5 Å². The Balaban J connectivity index is 2.75. The number of hydrogen-bond acceptors (Lipinski definition) is 2. The molecule has 0 radical (unpaired) electrons. The van der Waals surface area contributed by atoms with Gasteiger partial charge in [0.15, 0.2) is 0 Å². The van der Waals surface area contributed by atoms with Crippen molar-refractivity contribution in [2.24, 2.45) is 5.73 Å². The molecule has 0 fully saturated rings. The molecule has 1 aromatic rings. The Morgan fingerprint density at radius 3 is 2.65 bits per heavy atom. The maximum atomic E-state index is 13.4. The minimum Gasteiger partial charge on any atom is -0.368 e. The van der Waals surface area contributed by atoms with E-state index in [0.717, 1.165) is 12.1 Å². The summed E-state index contributed by atoms with van der Waals surface area (Å²) in [5.74, 6) is -0.966. The Morgan fingerprint density at radius 1 is 1.40 bits per heavy atom. The van der Waals surface area contributed by atoms with Gasteiger partial charge in [-0.15, -0.1) is 12.3 Å². The molecule has 1 aromatic carbocycles. The molecule has 0 aliphatic carbocycles. The third kappa shape index (κ3) is 4.35. The molecule has 2 amide bonds. The van der Waals surface area contributed by atoms with Crippen LogP contribution in [-0.2, 0) is 4.79 Å². The molecule has 0 unspecified atom stereocenters. The Morgan fingerprint density at radius 2 is 2.10 bits per heavy atom. The maximum Gasteiger partial charge on any atom is 0.254 e. The second-order valence-electron chi connectivity index (χ2n) is 4.15. The van der Waals surface area contributed by atoms with Gasteiger partial charge in [-0.25, -0.2) is 8.78 Å². The molecular weight excluding hydrogens is 266 g/mol. The third-order valence-corrected chi connectivity index (χ3v) is 2.64. The van der Waals surface area contributed by atoms with Gasteiger partial charge in [0.05, 0.1) is 5.56 Å². The molecule has 0 saturated heterocycles. The number of halogens is 2. The minimum atomic E-state index is -1.01. The number of primary amides is 1. The molecule has 0 saturated carbocycles. The van der Waals surface area contributed by atoms with E-state index in [1.54, 1.807) is 0 Å². The van der Waals surface area contributed by atoms with Gasteiger partial charge in [0.25, 0.3) is 5.91 Å². The molecule has 0 aliphatic rings. The van der Waals surface area contributed by atoms with Crippen LogP contribution in [0.25, 0.3) is 0 Å². The van der Waals surface area contributed by atoms with Crippen LogP contribution in [0, 0.1) is 24.0 Å². The van der Waals surface area contributed by atoms with Gasteiger partial charge >= 0.3 is 0 Å². The highest BCUT2D eigenvalue weighted by Crippen LogP contribution is 2.10. The third-order valence-electron chi connectivity index (χ3n) is 2.64. The first kappa shape index (κ1) is 15.6. The Hall–Kier alpha value is -2.42. The summed E-state index contributed by atoms with van der Waals surface area (Å²) in [6.45, 7) is 0. The van der Waals surface area contributed by atoms with Crippen molar-refractivity contribution in [3.63, 3.8) is 0 Å². The number of nitrogens with two attached hydrogens (primary N) is 1. The number of rotatable bonds is 6. The van der Waals surface area contributed by atoms with Crippen molar-refractivity contribution in [2.75, 3.05) is 0 Å². The molecule has 0 heterocycles. The van der Waals surface area contributed by atoms with Crippen molar-refractivity contribution in [3.8, 4) is 12.3 Å². The molecule has 6 heteroatoms. The van der Waals surface area contributed by atoms with Gasteiger partial charge in [0.2, 0.25) is 5.91 Å². The van der Waals surface area contributed by atoms with E-state index in [4.69, 9.17) is 12.2 Å². The molecule has 106 valence electrons. The summed E-state index contributed by atoms with van der Waals surface area (Å²) in [7, 11) is 0. The highest BCUT2D eigenvalue weighted by molar-refractivity contribution is 5.97. The van der Waals surface area contributed by atoms with Crippen LogP contribution in [0.3, 0.4) is 0 Å². The highest BCUT2D eigenvalue weighted by Gasteiger charge is 2.20. The van der Waals surface area contributed by atoms with Crippen LogP contribution < -0.4 is 11.1 Å². The molecule has 0 aromatic heterocycles. The Labute approximate surface area is 115 Å². The van der Waals surface area contributed by atoms with Crippen LogP contribution in [-0.4, -0.2) is 17.9 Å². The average molecular weight is 280 g/mol. The predicted octanol–water partition coefficient (Wildman–Crippen LogP) is 1.35. The Kier molecular flexibility index (Phi) is 5.66. The fraction of sp³-hybridized carbons (Fsp3) is 0.286. The first-order valence-electron chi connectivity index (χ1n) is 5.94. The van der Waals surface area contributed by atoms with Crippen molar-refractivity contribution in [2.45, 2.75) is 25.3 Å². The molecule has 20 heavy (non-hydrogen) atoms. The first-order valence-corrected chi connectivity index (χ1v) is 5.94. The van der Waals surface area contributed by atoms with Crippen molar-refractivity contribution in [3.05, 3.63) is 35.4 Å². The van der Waals surface area contributed by atoms with Gasteiger partial charge < -0.3 is 11.1 Å². The zero-order valence-corrected chi connectivity index (χ0v) is 10.7. The molecule has 0 bridgehead atoms. The van der Waals surface area contributed by atoms with Crippen LogP contribution in [0.2, 0.25) is 0 Å². The molecule has 3 N–H and O–H groups in total. The number of carbonyl (C=O) groups is 2. The smallest absolute Gasteiger partial charge is 0.254 e. The van der Waals surface area contributed by atoms with E-state index in [0.29, 0.717) is 18.9 Å². The van der Waals surface area contributed by atoms with Crippen LogP contribution in [0.4, 0.5) is 8.78 Å². The van der Waals surface area contributed by atoms with Crippen molar-refractivity contribution < 1.29 is 18.4 Å². The van der Waals surface area contributed by atoms with Gasteiger partial charge in [-0.2, -0.15) is 0 Å². The summed E-state index contributed by atoms with van der Waals surface area (Å²) >= 11 is 0. The number of carbonyl (C=O) groups excluding carboxylic acids is 2. The van der Waals surface area contributed by atoms with Gasteiger partial charge in [-0.1, -0.05) is 0 Å². The summed E-state index contributed by atoms with van der Waals surface area (Å²) in [6, 6.07) is 1.60. The normalized spacial score (nSPS) is 11.4. The lowest BCUT2D eigenvalue weighted by Crippen LogP contribution is -2.44. The molecule has 1 rings (SSSR count). The second-order valence-corrected chi connectivity index (χ2v) is 4.15.